The van der Waals surface area contributed by atoms with Crippen molar-refractivity contribution in [3.05, 3.63) is 36.4 Å². The number of aromatic amines is 1. The van der Waals surface area contributed by atoms with E-state index in [0.29, 0.717) is 5.69 Å². The van der Waals surface area contributed by atoms with Gasteiger partial charge in [-0.15, -0.1) is 0 Å². The Morgan fingerprint density at radius 3 is 2.84 bits per heavy atom. The number of carbonyl (C=O) groups is 1. The highest BCUT2D eigenvalue weighted by Gasteiger charge is 2.38. The Kier molecular flexibility index (Phi) is 5.05. The fourth-order valence-electron chi connectivity index (χ4n) is 2.66. The molecule has 1 unspecified atom stereocenters. The maximum absolute atomic E-state index is 12.7. The topological polar surface area (TPSA) is 70.2 Å². The molecule has 0 spiro atoms. The van der Waals surface area contributed by atoms with E-state index >= 15 is 0 Å². The van der Waals surface area contributed by atoms with Gasteiger partial charge in [-0.05, 0) is 5.56 Å². The lowest BCUT2D eigenvalue weighted by molar-refractivity contribution is -0.165. The minimum atomic E-state index is -4.37. The van der Waals surface area contributed by atoms with Gasteiger partial charge in [-0.3, -0.25) is 14.8 Å². The number of nitrogens with one attached hydrogen (secondary N) is 2. The second-order valence-corrected chi connectivity index (χ2v) is 5.70. The van der Waals surface area contributed by atoms with Gasteiger partial charge in [-0.2, -0.15) is 18.3 Å². The fraction of sp³-hybridized carbons (Fsp3) is 0.375. The van der Waals surface area contributed by atoms with Gasteiger partial charge in [0.05, 0.1) is 25.5 Å². The number of aromatic nitrogens is 2. The zero-order chi connectivity index (χ0) is 17.9. The van der Waals surface area contributed by atoms with Gasteiger partial charge in [0.2, 0.25) is 5.91 Å². The number of carbonyl (C=O) groups excluding carboxylic acids is 1. The third kappa shape index (κ3) is 4.58. The Morgan fingerprint density at radius 2 is 2.12 bits per heavy atom. The molecule has 1 saturated heterocycles. The molecular weight excluding hydrogens is 337 g/mol. The van der Waals surface area contributed by atoms with Crippen molar-refractivity contribution in [2.24, 2.45) is 0 Å². The van der Waals surface area contributed by atoms with E-state index in [1.54, 1.807) is 6.07 Å². The minimum Gasteiger partial charge on any atom is -0.378 e. The molecule has 2 aromatic rings. The molecule has 9 heteroatoms. The maximum atomic E-state index is 12.7. The summed E-state index contributed by atoms with van der Waals surface area (Å²) < 4.78 is 43.2. The van der Waals surface area contributed by atoms with E-state index < -0.39 is 24.7 Å². The molecule has 1 atom stereocenters. The van der Waals surface area contributed by atoms with E-state index in [2.05, 4.69) is 15.5 Å². The van der Waals surface area contributed by atoms with Crippen LogP contribution in [0.4, 0.5) is 19.0 Å². The summed E-state index contributed by atoms with van der Waals surface area (Å²) in [6.07, 6.45) is -4.37. The van der Waals surface area contributed by atoms with Crippen molar-refractivity contribution in [3.8, 4) is 11.3 Å². The highest BCUT2D eigenvalue weighted by atomic mass is 19.4. The number of ether oxygens (including phenoxy) is 1. The number of amides is 1. The molecule has 3 rings (SSSR count). The highest BCUT2D eigenvalue weighted by molar-refractivity contribution is 5.94. The van der Waals surface area contributed by atoms with Gasteiger partial charge in [0.1, 0.15) is 6.04 Å². The van der Waals surface area contributed by atoms with Crippen molar-refractivity contribution in [3.63, 3.8) is 0 Å². The van der Waals surface area contributed by atoms with Gasteiger partial charge < -0.3 is 10.1 Å². The van der Waals surface area contributed by atoms with E-state index in [1.165, 1.54) is 0 Å². The second-order valence-electron chi connectivity index (χ2n) is 5.70. The van der Waals surface area contributed by atoms with Crippen LogP contribution in [0, 0.1) is 0 Å². The van der Waals surface area contributed by atoms with Crippen molar-refractivity contribution < 1.29 is 22.7 Å². The number of H-pyrrole nitrogens is 1. The van der Waals surface area contributed by atoms with Crippen LogP contribution in [-0.2, 0) is 9.53 Å². The smallest absolute Gasteiger partial charge is 0.378 e. The molecule has 25 heavy (non-hydrogen) atoms. The number of benzene rings is 1. The molecular formula is C16H17F3N4O2. The first-order valence-corrected chi connectivity index (χ1v) is 7.72. The molecule has 0 saturated carbocycles. The minimum absolute atomic E-state index is 0.0490. The van der Waals surface area contributed by atoms with Crippen molar-refractivity contribution in [1.29, 1.82) is 0 Å². The van der Waals surface area contributed by atoms with Gasteiger partial charge >= 0.3 is 6.18 Å². The largest absolute Gasteiger partial charge is 0.401 e. The number of nitrogens with zero attached hydrogens (tertiary/aromatic N) is 2. The molecule has 1 amide bonds. The molecule has 0 aliphatic carbocycles. The lowest BCUT2D eigenvalue weighted by Crippen LogP contribution is -2.54. The van der Waals surface area contributed by atoms with E-state index in [4.69, 9.17) is 4.74 Å². The number of hydrogen-bond donors (Lipinski definition) is 2. The molecule has 1 aromatic carbocycles. The van der Waals surface area contributed by atoms with Crippen LogP contribution >= 0.6 is 0 Å². The summed E-state index contributed by atoms with van der Waals surface area (Å²) in [5.41, 5.74) is 1.58. The number of alkyl halides is 3. The first kappa shape index (κ1) is 17.4. The summed E-state index contributed by atoms with van der Waals surface area (Å²) in [6, 6.07) is 9.97. The second kappa shape index (κ2) is 7.24. The number of anilines is 1. The van der Waals surface area contributed by atoms with Crippen LogP contribution in [-0.4, -0.2) is 59.5 Å². The molecule has 134 valence electrons. The van der Waals surface area contributed by atoms with Crippen LogP contribution in [0.25, 0.3) is 11.3 Å². The zero-order valence-corrected chi connectivity index (χ0v) is 13.2. The van der Waals surface area contributed by atoms with E-state index in [-0.39, 0.29) is 25.6 Å². The highest BCUT2D eigenvalue weighted by Crippen LogP contribution is 2.22. The number of halogens is 3. The molecule has 6 nitrogen and oxygen atoms in total. The fourth-order valence-corrected chi connectivity index (χ4v) is 2.66. The number of morpholine rings is 1. The van der Waals surface area contributed by atoms with Gasteiger partial charge in [0.25, 0.3) is 0 Å². The SMILES string of the molecule is O=C(Nc1cc(-c2ccccc2)[nH]n1)C1COCCN1CC(F)(F)F. The summed E-state index contributed by atoms with van der Waals surface area (Å²) in [6.45, 7) is -1.02. The lowest BCUT2D eigenvalue weighted by Gasteiger charge is -2.34. The summed E-state index contributed by atoms with van der Waals surface area (Å²) in [5, 5.41) is 9.33. The molecule has 1 aliphatic heterocycles. The predicted molar refractivity (Wildman–Crippen MR) is 84.9 cm³/mol. The van der Waals surface area contributed by atoms with Crippen molar-refractivity contribution in [2.45, 2.75) is 12.2 Å². The van der Waals surface area contributed by atoms with Crippen LogP contribution in [0.15, 0.2) is 36.4 Å². The average Bonchev–Trinajstić information content (AvgIpc) is 3.03. The Bertz CT molecular complexity index is 718. The Morgan fingerprint density at radius 1 is 1.36 bits per heavy atom. The van der Waals surface area contributed by atoms with Crippen LogP contribution in [0.5, 0.6) is 0 Å². The molecule has 0 bridgehead atoms. The Labute approximate surface area is 142 Å². The zero-order valence-electron chi connectivity index (χ0n) is 13.2. The first-order valence-electron chi connectivity index (χ1n) is 7.72. The van der Waals surface area contributed by atoms with E-state index in [9.17, 15) is 18.0 Å². The first-order chi connectivity index (χ1) is 11.9. The molecule has 1 aliphatic rings. The molecule has 1 aromatic heterocycles. The molecule has 2 N–H and O–H groups in total. The van der Waals surface area contributed by atoms with Gasteiger partial charge in [-0.1, -0.05) is 30.3 Å². The van der Waals surface area contributed by atoms with Crippen molar-refractivity contribution in [2.75, 3.05) is 31.6 Å². The summed E-state index contributed by atoms with van der Waals surface area (Å²) in [4.78, 5) is 13.4. The summed E-state index contributed by atoms with van der Waals surface area (Å²) in [5.74, 6) is -0.323. The van der Waals surface area contributed by atoms with Crippen LogP contribution in [0.1, 0.15) is 0 Å². The quantitative estimate of drug-likeness (QED) is 0.884. The third-order valence-electron chi connectivity index (χ3n) is 3.84. The van der Waals surface area contributed by atoms with Crippen molar-refractivity contribution in [1.82, 2.24) is 15.1 Å². The maximum Gasteiger partial charge on any atom is 0.401 e. The number of rotatable bonds is 4. The normalized spacial score (nSPS) is 18.9. The summed E-state index contributed by atoms with van der Waals surface area (Å²) >= 11 is 0. The predicted octanol–water partition coefficient (Wildman–Crippen LogP) is 2.28. The molecule has 2 heterocycles. The average molecular weight is 354 g/mol. The van der Waals surface area contributed by atoms with Gasteiger partial charge in [-0.25, -0.2) is 0 Å². The van der Waals surface area contributed by atoms with E-state index in [0.717, 1.165) is 10.5 Å². The van der Waals surface area contributed by atoms with Gasteiger partial charge in [0.15, 0.2) is 5.82 Å². The molecule has 0 radical (unpaired) electrons. The summed E-state index contributed by atoms with van der Waals surface area (Å²) in [7, 11) is 0. The van der Waals surface area contributed by atoms with Crippen molar-refractivity contribution >= 4 is 11.7 Å². The Hall–Kier alpha value is -2.39. The lowest BCUT2D eigenvalue weighted by atomic mass is 10.1. The van der Waals surface area contributed by atoms with Crippen LogP contribution in [0.2, 0.25) is 0 Å². The molecule has 1 fully saturated rings. The van der Waals surface area contributed by atoms with Crippen LogP contribution < -0.4 is 5.32 Å². The third-order valence-corrected chi connectivity index (χ3v) is 3.84. The van der Waals surface area contributed by atoms with Gasteiger partial charge in [0, 0.05) is 12.6 Å². The monoisotopic (exact) mass is 354 g/mol. The Balaban J connectivity index is 1.67. The number of hydrogen-bond acceptors (Lipinski definition) is 4. The standard InChI is InChI=1S/C16H17F3N4O2/c17-16(18,19)10-23-6-7-25-9-13(23)15(24)20-14-8-12(21-22-14)11-4-2-1-3-5-11/h1-5,8,13H,6-7,9-10H2,(H2,20,21,22,24). The van der Waals surface area contributed by atoms with Crippen LogP contribution in [0.3, 0.4) is 0 Å². The van der Waals surface area contributed by atoms with E-state index in [1.807, 2.05) is 30.3 Å².